The Hall–Kier alpha value is -1.84. The van der Waals surface area contributed by atoms with Gasteiger partial charge in [0.25, 0.3) is 0 Å². The van der Waals surface area contributed by atoms with Crippen LogP contribution in [-0.4, -0.2) is 69.4 Å². The summed E-state index contributed by atoms with van der Waals surface area (Å²) < 4.78 is 0. The number of aliphatic carboxylic acids is 1. The highest BCUT2D eigenvalue weighted by Gasteiger charge is 2.57. The molecule has 0 saturated carbocycles. The van der Waals surface area contributed by atoms with Crippen molar-refractivity contribution in [3.05, 3.63) is 22.3 Å². The topological polar surface area (TPSA) is 119 Å². The Morgan fingerprint density at radius 2 is 2.19 bits per heavy atom. The number of aliphatic hydroxyl groups excluding tert-OH is 1. The van der Waals surface area contributed by atoms with E-state index in [1.54, 1.807) is 6.92 Å². The van der Waals surface area contributed by atoms with E-state index < -0.39 is 18.0 Å². The molecule has 0 aromatic rings. The first-order valence-electron chi connectivity index (χ1n) is 9.23. The Balaban J connectivity index is 1.44. The highest BCUT2D eigenvalue weighted by molar-refractivity contribution is 8.03. The summed E-state index contributed by atoms with van der Waals surface area (Å²) in [6.45, 7) is 2.97. The summed E-state index contributed by atoms with van der Waals surface area (Å²) in [6.07, 6.45) is 3.22. The predicted molar refractivity (Wildman–Crippen MR) is 98.6 cm³/mol. The average Bonchev–Trinajstić information content (AvgIpc) is 3.27. The van der Waals surface area contributed by atoms with Crippen LogP contribution in [0.5, 0.6) is 0 Å². The van der Waals surface area contributed by atoms with E-state index in [0.29, 0.717) is 17.9 Å². The quantitative estimate of drug-likeness (QED) is 0.377. The summed E-state index contributed by atoms with van der Waals surface area (Å²) in [5.41, 5.74) is 0.878. The lowest BCUT2D eigenvalue weighted by Gasteiger charge is -2.44. The molecule has 3 fully saturated rings. The molecule has 27 heavy (non-hydrogen) atoms. The van der Waals surface area contributed by atoms with Crippen LogP contribution in [0.3, 0.4) is 0 Å². The first-order valence-corrected chi connectivity index (χ1v) is 10.1. The van der Waals surface area contributed by atoms with Crippen molar-refractivity contribution in [2.45, 2.75) is 49.6 Å². The van der Waals surface area contributed by atoms with Gasteiger partial charge in [-0.15, -0.1) is 11.8 Å². The van der Waals surface area contributed by atoms with Crippen LogP contribution in [-0.2, 0) is 14.4 Å². The lowest BCUT2D eigenvalue weighted by atomic mass is 9.83. The van der Waals surface area contributed by atoms with Crippen molar-refractivity contribution in [2.75, 3.05) is 13.1 Å². The van der Waals surface area contributed by atoms with Crippen molar-refractivity contribution in [1.82, 2.24) is 15.5 Å². The number of fused-ring (bicyclic) bond motifs is 1. The Labute approximate surface area is 161 Å². The third-order valence-corrected chi connectivity index (χ3v) is 7.03. The second-order valence-corrected chi connectivity index (χ2v) is 8.91. The number of hydrogen-bond donors (Lipinski definition) is 4. The largest absolute Gasteiger partial charge is 0.477 e. The van der Waals surface area contributed by atoms with Gasteiger partial charge in [-0.25, -0.2) is 4.79 Å². The standard InChI is InChI=1S/C18H23N3O5S/c1-8(22)14-12-6-13(15(18(25)26)21(12)17(14)24)27-11-5-10(20-7-11)4-9-2-3-19-16(9)23/h4,8,10-12,14,20,22H,2-3,5-7H2,1H3,(H,19,23)(H,25,26)/b9-4-/t8-,10-,11+,12-,14-/m1/s1. The monoisotopic (exact) mass is 393 g/mol. The molecule has 0 aromatic carbocycles. The van der Waals surface area contributed by atoms with Gasteiger partial charge in [0.05, 0.1) is 18.1 Å². The van der Waals surface area contributed by atoms with E-state index in [0.717, 1.165) is 25.0 Å². The third kappa shape index (κ3) is 3.17. The first-order chi connectivity index (χ1) is 12.9. The van der Waals surface area contributed by atoms with Gasteiger partial charge in [0.15, 0.2) is 0 Å². The molecule has 9 heteroatoms. The number of thioether (sulfide) groups is 1. The van der Waals surface area contributed by atoms with Crippen molar-refractivity contribution in [2.24, 2.45) is 5.92 Å². The Morgan fingerprint density at radius 3 is 2.81 bits per heavy atom. The van der Waals surface area contributed by atoms with Gasteiger partial charge in [-0.2, -0.15) is 0 Å². The van der Waals surface area contributed by atoms with Gasteiger partial charge in [-0.1, -0.05) is 6.08 Å². The molecular formula is C18H23N3O5S. The number of carbonyl (C=O) groups is 3. The zero-order chi connectivity index (χ0) is 19.3. The molecule has 0 bridgehead atoms. The number of nitrogens with one attached hydrogen (secondary N) is 2. The molecule has 0 radical (unpaired) electrons. The van der Waals surface area contributed by atoms with Crippen LogP contribution in [0.15, 0.2) is 22.3 Å². The lowest BCUT2D eigenvalue weighted by Crippen LogP contribution is -2.61. The lowest BCUT2D eigenvalue weighted by molar-refractivity contribution is -0.161. The SMILES string of the molecule is C[C@@H](O)[C@H]1C(=O)N2C(C(=O)O)=C(S[C@@H]3CN[C@H](/C=C4/CCNC4=O)C3)C[C@H]12. The van der Waals surface area contributed by atoms with Gasteiger partial charge in [-0.3, -0.25) is 9.59 Å². The smallest absolute Gasteiger partial charge is 0.353 e. The normalized spacial score (nSPS) is 35.5. The first kappa shape index (κ1) is 18.5. The summed E-state index contributed by atoms with van der Waals surface area (Å²) in [5, 5.41) is 25.8. The van der Waals surface area contributed by atoms with Gasteiger partial charge < -0.3 is 25.7 Å². The molecule has 0 aromatic heterocycles. The number of rotatable bonds is 5. The molecule has 3 saturated heterocycles. The number of β-lactam (4-membered cyclic amide) rings is 1. The molecule has 4 rings (SSSR count). The molecule has 4 aliphatic rings. The maximum Gasteiger partial charge on any atom is 0.353 e. The minimum atomic E-state index is -1.09. The molecule has 4 aliphatic heterocycles. The number of hydrogen-bond acceptors (Lipinski definition) is 6. The fraction of sp³-hybridized carbons (Fsp3) is 0.611. The average molecular weight is 393 g/mol. The third-order valence-electron chi connectivity index (χ3n) is 5.70. The van der Waals surface area contributed by atoms with E-state index in [-0.39, 0.29) is 34.8 Å². The van der Waals surface area contributed by atoms with Gasteiger partial charge in [0, 0.05) is 41.3 Å². The van der Waals surface area contributed by atoms with Gasteiger partial charge in [0.2, 0.25) is 11.8 Å². The highest BCUT2D eigenvalue weighted by atomic mass is 32.2. The summed E-state index contributed by atoms with van der Waals surface area (Å²) in [6, 6.07) is -0.152. The zero-order valence-corrected chi connectivity index (χ0v) is 15.8. The van der Waals surface area contributed by atoms with Crippen LogP contribution in [0.25, 0.3) is 0 Å². The Morgan fingerprint density at radius 1 is 1.41 bits per heavy atom. The summed E-state index contributed by atoms with van der Waals surface area (Å²) in [4.78, 5) is 37.7. The van der Waals surface area contributed by atoms with E-state index in [2.05, 4.69) is 10.6 Å². The number of aliphatic hydroxyl groups is 1. The number of carboxylic acids is 1. The molecule has 4 heterocycles. The van der Waals surface area contributed by atoms with Gasteiger partial charge in [0.1, 0.15) is 5.70 Å². The maximum atomic E-state index is 12.3. The van der Waals surface area contributed by atoms with Crippen molar-refractivity contribution < 1.29 is 24.6 Å². The predicted octanol–water partition coefficient (Wildman–Crippen LogP) is -0.196. The number of amides is 2. The Kier molecular flexibility index (Phi) is 4.77. The second kappa shape index (κ2) is 6.96. The number of carbonyl (C=O) groups excluding carboxylic acids is 2. The fourth-order valence-electron chi connectivity index (χ4n) is 4.43. The molecular weight excluding hydrogens is 370 g/mol. The van der Waals surface area contributed by atoms with Crippen LogP contribution in [0.4, 0.5) is 0 Å². The van der Waals surface area contributed by atoms with E-state index in [1.807, 2.05) is 6.08 Å². The van der Waals surface area contributed by atoms with Crippen LogP contribution in [0, 0.1) is 5.92 Å². The van der Waals surface area contributed by atoms with Gasteiger partial charge in [-0.05, 0) is 19.8 Å². The number of nitrogens with zero attached hydrogens (tertiary/aromatic N) is 1. The molecule has 146 valence electrons. The summed E-state index contributed by atoms with van der Waals surface area (Å²) >= 11 is 1.51. The zero-order valence-electron chi connectivity index (χ0n) is 15.0. The van der Waals surface area contributed by atoms with Crippen LogP contribution >= 0.6 is 11.8 Å². The maximum absolute atomic E-state index is 12.3. The van der Waals surface area contributed by atoms with E-state index in [4.69, 9.17) is 0 Å². The van der Waals surface area contributed by atoms with Gasteiger partial charge >= 0.3 is 5.97 Å². The van der Waals surface area contributed by atoms with Crippen molar-refractivity contribution in [3.63, 3.8) is 0 Å². The van der Waals surface area contributed by atoms with Crippen LogP contribution in [0.1, 0.15) is 26.2 Å². The molecule has 8 nitrogen and oxygen atoms in total. The van der Waals surface area contributed by atoms with Crippen LogP contribution < -0.4 is 10.6 Å². The van der Waals surface area contributed by atoms with E-state index in [9.17, 15) is 24.6 Å². The minimum Gasteiger partial charge on any atom is -0.477 e. The van der Waals surface area contributed by atoms with Crippen molar-refractivity contribution in [1.29, 1.82) is 0 Å². The summed E-state index contributed by atoms with van der Waals surface area (Å²) in [7, 11) is 0. The molecule has 0 aliphatic carbocycles. The van der Waals surface area contributed by atoms with Crippen molar-refractivity contribution >= 4 is 29.5 Å². The molecule has 4 N–H and O–H groups in total. The molecule has 5 atom stereocenters. The number of carboxylic acid groups (broad SMARTS) is 1. The minimum absolute atomic E-state index is 0.00776. The fourth-order valence-corrected chi connectivity index (χ4v) is 5.88. The van der Waals surface area contributed by atoms with Crippen molar-refractivity contribution in [3.8, 4) is 0 Å². The van der Waals surface area contributed by atoms with E-state index in [1.165, 1.54) is 16.7 Å². The van der Waals surface area contributed by atoms with E-state index >= 15 is 0 Å². The highest BCUT2D eigenvalue weighted by Crippen LogP contribution is 2.48. The molecule has 2 amide bonds. The Bertz CT molecular complexity index is 762. The molecule has 0 spiro atoms. The second-order valence-electron chi connectivity index (χ2n) is 7.51. The van der Waals surface area contributed by atoms with Crippen LogP contribution in [0.2, 0.25) is 0 Å². The summed E-state index contributed by atoms with van der Waals surface area (Å²) in [5.74, 6) is -1.92. The molecule has 0 unspecified atom stereocenters.